The van der Waals surface area contributed by atoms with Crippen molar-refractivity contribution in [3.63, 3.8) is 0 Å². The van der Waals surface area contributed by atoms with Crippen molar-refractivity contribution in [2.24, 2.45) is 5.73 Å². The second-order valence-electron chi connectivity index (χ2n) is 3.38. The first-order chi connectivity index (χ1) is 7.58. The molecule has 1 aromatic carbocycles. The molecule has 1 heterocycles. The van der Waals surface area contributed by atoms with Gasteiger partial charge in [-0.2, -0.15) is 0 Å². The van der Waals surface area contributed by atoms with Crippen molar-refractivity contribution in [1.82, 2.24) is 0 Å². The summed E-state index contributed by atoms with van der Waals surface area (Å²) < 4.78 is 4.87. The van der Waals surface area contributed by atoms with E-state index >= 15 is 0 Å². The van der Waals surface area contributed by atoms with Gasteiger partial charge >= 0.3 is 5.63 Å². The second kappa shape index (κ2) is 3.69. The minimum Gasteiger partial charge on any atom is -0.507 e. The molecule has 0 aliphatic rings. The van der Waals surface area contributed by atoms with Crippen molar-refractivity contribution >= 4 is 16.9 Å². The van der Waals surface area contributed by atoms with Crippen LogP contribution in [0.5, 0.6) is 5.75 Å². The van der Waals surface area contributed by atoms with E-state index in [1.165, 1.54) is 24.3 Å². The van der Waals surface area contributed by atoms with Crippen LogP contribution in [0.3, 0.4) is 0 Å². The molecule has 1 aromatic heterocycles. The van der Waals surface area contributed by atoms with E-state index in [1.807, 2.05) is 0 Å². The smallest absolute Gasteiger partial charge is 0.336 e. The van der Waals surface area contributed by atoms with Gasteiger partial charge in [-0.3, -0.25) is 4.79 Å². The number of primary amides is 1. The number of hydrogen-bond donors (Lipinski definition) is 2. The zero-order valence-electron chi connectivity index (χ0n) is 8.27. The Kier molecular flexibility index (Phi) is 2.36. The number of phenols is 1. The number of carbonyl (C=O) groups is 1. The molecule has 5 heteroatoms. The number of fused-ring (bicyclic) bond motifs is 1. The van der Waals surface area contributed by atoms with Gasteiger partial charge in [0.1, 0.15) is 11.3 Å². The highest BCUT2D eigenvalue weighted by molar-refractivity contribution is 5.87. The number of phenolic OH excluding ortho intramolecular Hbond substituents is 1. The van der Waals surface area contributed by atoms with E-state index in [4.69, 9.17) is 10.2 Å². The number of amides is 1. The van der Waals surface area contributed by atoms with Gasteiger partial charge in [0.2, 0.25) is 5.91 Å². The molecule has 0 bridgehead atoms. The fourth-order valence-electron chi connectivity index (χ4n) is 1.51. The summed E-state index contributed by atoms with van der Waals surface area (Å²) >= 11 is 0. The molecule has 2 rings (SSSR count). The molecule has 82 valence electrons. The predicted octanol–water partition coefficient (Wildman–Crippen LogP) is 0.526. The van der Waals surface area contributed by atoms with Gasteiger partial charge in [-0.25, -0.2) is 4.79 Å². The highest BCUT2D eigenvalue weighted by atomic mass is 16.4. The van der Waals surface area contributed by atoms with Crippen LogP contribution in [0.15, 0.2) is 33.5 Å². The van der Waals surface area contributed by atoms with E-state index in [9.17, 15) is 14.7 Å². The summed E-state index contributed by atoms with van der Waals surface area (Å²) in [7, 11) is 0. The van der Waals surface area contributed by atoms with Gasteiger partial charge in [0, 0.05) is 11.6 Å². The molecule has 0 aliphatic heterocycles. The average Bonchev–Trinajstić information content (AvgIpc) is 2.22. The average molecular weight is 219 g/mol. The SMILES string of the molecule is NC(=O)Cc1ccc2oc(=O)ccc2c1O. The maximum atomic E-state index is 10.9. The van der Waals surface area contributed by atoms with Crippen LogP contribution in [-0.4, -0.2) is 11.0 Å². The third-order valence-corrected chi connectivity index (χ3v) is 2.22. The zero-order valence-corrected chi connectivity index (χ0v) is 8.27. The minimum atomic E-state index is -0.535. The summed E-state index contributed by atoms with van der Waals surface area (Å²) in [6.45, 7) is 0. The van der Waals surface area contributed by atoms with E-state index < -0.39 is 11.5 Å². The van der Waals surface area contributed by atoms with Crippen molar-refractivity contribution in [2.45, 2.75) is 6.42 Å². The van der Waals surface area contributed by atoms with Gasteiger partial charge in [0.05, 0.1) is 11.8 Å². The number of benzene rings is 1. The van der Waals surface area contributed by atoms with E-state index in [-0.39, 0.29) is 17.8 Å². The molecule has 0 fully saturated rings. The lowest BCUT2D eigenvalue weighted by Gasteiger charge is -2.04. The van der Waals surface area contributed by atoms with Gasteiger partial charge in [-0.1, -0.05) is 6.07 Å². The van der Waals surface area contributed by atoms with Gasteiger partial charge in [0.15, 0.2) is 0 Å². The van der Waals surface area contributed by atoms with Gasteiger partial charge in [0.25, 0.3) is 0 Å². The largest absolute Gasteiger partial charge is 0.507 e. The third kappa shape index (κ3) is 1.75. The molecule has 5 nitrogen and oxygen atoms in total. The van der Waals surface area contributed by atoms with Crippen molar-refractivity contribution in [2.75, 3.05) is 0 Å². The molecule has 2 aromatic rings. The summed E-state index contributed by atoms with van der Waals surface area (Å²) in [5.41, 5.74) is 5.23. The lowest BCUT2D eigenvalue weighted by Crippen LogP contribution is -2.13. The molecule has 0 aliphatic carbocycles. The molecule has 0 radical (unpaired) electrons. The molecular weight excluding hydrogens is 210 g/mol. The number of nitrogens with two attached hydrogens (primary N) is 1. The molecular formula is C11H9NO4. The molecule has 0 saturated heterocycles. The fraction of sp³-hybridized carbons (Fsp3) is 0.0909. The van der Waals surface area contributed by atoms with Gasteiger partial charge in [-0.05, 0) is 12.1 Å². The second-order valence-corrected chi connectivity index (χ2v) is 3.38. The van der Waals surface area contributed by atoms with E-state index in [0.717, 1.165) is 0 Å². The zero-order chi connectivity index (χ0) is 11.7. The topological polar surface area (TPSA) is 93.5 Å². The predicted molar refractivity (Wildman–Crippen MR) is 57.0 cm³/mol. The Morgan fingerprint density at radius 3 is 2.75 bits per heavy atom. The van der Waals surface area contributed by atoms with Crippen LogP contribution >= 0.6 is 0 Å². The maximum absolute atomic E-state index is 10.9. The van der Waals surface area contributed by atoms with Crippen molar-refractivity contribution in [3.05, 3.63) is 40.2 Å². The van der Waals surface area contributed by atoms with Crippen molar-refractivity contribution in [3.8, 4) is 5.75 Å². The number of rotatable bonds is 2. The Morgan fingerprint density at radius 1 is 1.31 bits per heavy atom. The van der Waals surface area contributed by atoms with E-state index in [2.05, 4.69) is 0 Å². The number of carbonyl (C=O) groups excluding carboxylic acids is 1. The first-order valence-electron chi connectivity index (χ1n) is 4.61. The molecule has 1 amide bonds. The molecule has 0 saturated carbocycles. The molecule has 0 spiro atoms. The van der Waals surface area contributed by atoms with Crippen molar-refractivity contribution < 1.29 is 14.3 Å². The maximum Gasteiger partial charge on any atom is 0.336 e. The Labute approximate surface area is 90.1 Å². The molecule has 3 N–H and O–H groups in total. The fourth-order valence-corrected chi connectivity index (χ4v) is 1.51. The molecule has 0 atom stereocenters. The lowest BCUT2D eigenvalue weighted by molar-refractivity contribution is -0.117. The van der Waals surface area contributed by atoms with E-state index in [0.29, 0.717) is 10.9 Å². The van der Waals surface area contributed by atoms with Crippen LogP contribution in [0, 0.1) is 0 Å². The summed E-state index contributed by atoms with van der Waals surface area (Å²) in [5.74, 6) is -0.618. The summed E-state index contributed by atoms with van der Waals surface area (Å²) in [5, 5.41) is 10.2. The van der Waals surface area contributed by atoms with Gasteiger partial charge in [-0.15, -0.1) is 0 Å². The van der Waals surface area contributed by atoms with Crippen LogP contribution in [0.1, 0.15) is 5.56 Å². The highest BCUT2D eigenvalue weighted by Crippen LogP contribution is 2.27. The Hall–Kier alpha value is -2.30. The molecule has 16 heavy (non-hydrogen) atoms. The van der Waals surface area contributed by atoms with Crippen LogP contribution in [0.4, 0.5) is 0 Å². The third-order valence-electron chi connectivity index (χ3n) is 2.22. The minimum absolute atomic E-state index is 0.0547. The highest BCUT2D eigenvalue weighted by Gasteiger charge is 2.09. The summed E-state index contributed by atoms with van der Waals surface area (Å²) in [6, 6.07) is 5.68. The molecule has 0 unspecified atom stereocenters. The standard InChI is InChI=1S/C11H9NO4/c12-9(13)5-6-1-3-8-7(11(6)15)2-4-10(14)16-8/h1-4,15H,5H2,(H2,12,13). The Balaban J connectivity index is 2.65. The first-order valence-corrected chi connectivity index (χ1v) is 4.61. The number of aromatic hydroxyl groups is 1. The van der Waals surface area contributed by atoms with Crippen LogP contribution in [-0.2, 0) is 11.2 Å². The van der Waals surface area contributed by atoms with E-state index in [1.54, 1.807) is 0 Å². The monoisotopic (exact) mass is 219 g/mol. The normalized spacial score (nSPS) is 10.5. The van der Waals surface area contributed by atoms with Crippen molar-refractivity contribution in [1.29, 1.82) is 0 Å². The van der Waals surface area contributed by atoms with Crippen LogP contribution < -0.4 is 11.4 Å². The quantitative estimate of drug-likeness (QED) is 0.720. The Bertz CT molecular complexity index is 615. The van der Waals surface area contributed by atoms with Gasteiger partial charge < -0.3 is 15.3 Å². The first kappa shape index (κ1) is 10.2. The van der Waals surface area contributed by atoms with Crippen LogP contribution in [0.2, 0.25) is 0 Å². The van der Waals surface area contributed by atoms with Crippen LogP contribution in [0.25, 0.3) is 11.0 Å². The Morgan fingerprint density at radius 2 is 2.06 bits per heavy atom. The summed E-state index contributed by atoms with van der Waals surface area (Å²) in [4.78, 5) is 21.7. The summed E-state index contributed by atoms with van der Waals surface area (Å²) in [6.07, 6.45) is -0.0547. The number of hydrogen-bond acceptors (Lipinski definition) is 4. The lowest BCUT2D eigenvalue weighted by atomic mass is 10.1.